The Labute approximate surface area is 118 Å². The highest BCUT2D eigenvalue weighted by molar-refractivity contribution is 7.91. The molecule has 7 heteroatoms. The van der Waals surface area contributed by atoms with Crippen molar-refractivity contribution in [1.29, 1.82) is 0 Å². The van der Waals surface area contributed by atoms with E-state index in [4.69, 9.17) is 5.73 Å². The van der Waals surface area contributed by atoms with Gasteiger partial charge in [0.2, 0.25) is 5.91 Å². The molecule has 0 saturated carbocycles. The predicted octanol–water partition coefficient (Wildman–Crippen LogP) is 0.326. The fourth-order valence-corrected chi connectivity index (χ4v) is 3.84. The van der Waals surface area contributed by atoms with E-state index in [1.807, 2.05) is 11.8 Å². The van der Waals surface area contributed by atoms with Crippen molar-refractivity contribution in [2.24, 2.45) is 0 Å². The SMILES string of the molecule is CC1CS(=O)(=O)CCN1CC(=O)Nc1ccc(N)cc1. The largest absolute Gasteiger partial charge is 0.399 e. The summed E-state index contributed by atoms with van der Waals surface area (Å²) < 4.78 is 23.0. The van der Waals surface area contributed by atoms with Crippen LogP contribution in [-0.4, -0.2) is 49.9 Å². The number of anilines is 2. The molecule has 1 atom stereocenters. The van der Waals surface area contributed by atoms with Crippen molar-refractivity contribution < 1.29 is 13.2 Å². The summed E-state index contributed by atoms with van der Waals surface area (Å²) in [5.41, 5.74) is 6.89. The Morgan fingerprint density at radius 1 is 1.40 bits per heavy atom. The quantitative estimate of drug-likeness (QED) is 0.784. The highest BCUT2D eigenvalue weighted by Crippen LogP contribution is 2.13. The second-order valence-electron chi connectivity index (χ2n) is 5.10. The summed E-state index contributed by atoms with van der Waals surface area (Å²) in [5, 5.41) is 2.77. The van der Waals surface area contributed by atoms with Crippen LogP contribution < -0.4 is 11.1 Å². The van der Waals surface area contributed by atoms with Gasteiger partial charge in [-0.25, -0.2) is 8.42 Å². The van der Waals surface area contributed by atoms with Gasteiger partial charge in [0.1, 0.15) is 0 Å². The molecule has 0 aliphatic carbocycles. The summed E-state index contributed by atoms with van der Waals surface area (Å²) >= 11 is 0. The fraction of sp³-hybridized carbons (Fsp3) is 0.462. The maximum Gasteiger partial charge on any atom is 0.238 e. The maximum absolute atomic E-state index is 11.9. The minimum atomic E-state index is -2.95. The molecule has 1 saturated heterocycles. The van der Waals surface area contributed by atoms with Crippen LogP contribution in [0.3, 0.4) is 0 Å². The Hall–Kier alpha value is -1.60. The topological polar surface area (TPSA) is 92.5 Å². The first kappa shape index (κ1) is 14.8. The van der Waals surface area contributed by atoms with Crippen molar-refractivity contribution in [3.8, 4) is 0 Å². The van der Waals surface area contributed by atoms with E-state index in [9.17, 15) is 13.2 Å². The van der Waals surface area contributed by atoms with E-state index in [0.29, 0.717) is 17.9 Å². The molecule has 0 spiro atoms. The smallest absolute Gasteiger partial charge is 0.238 e. The van der Waals surface area contributed by atoms with Gasteiger partial charge >= 0.3 is 0 Å². The monoisotopic (exact) mass is 297 g/mol. The van der Waals surface area contributed by atoms with Crippen LogP contribution in [0.15, 0.2) is 24.3 Å². The lowest BCUT2D eigenvalue weighted by atomic mass is 10.2. The van der Waals surface area contributed by atoms with E-state index >= 15 is 0 Å². The molecule has 1 amide bonds. The van der Waals surface area contributed by atoms with E-state index in [1.54, 1.807) is 24.3 Å². The zero-order valence-electron chi connectivity index (χ0n) is 11.4. The number of carbonyl (C=O) groups is 1. The molecule has 3 N–H and O–H groups in total. The highest BCUT2D eigenvalue weighted by atomic mass is 32.2. The van der Waals surface area contributed by atoms with Gasteiger partial charge in [0.15, 0.2) is 9.84 Å². The Balaban J connectivity index is 1.90. The van der Waals surface area contributed by atoms with Gasteiger partial charge in [-0.1, -0.05) is 0 Å². The molecule has 0 aromatic heterocycles. The average Bonchev–Trinajstić information content (AvgIpc) is 2.35. The molecule has 20 heavy (non-hydrogen) atoms. The van der Waals surface area contributed by atoms with Crippen molar-refractivity contribution in [2.75, 3.05) is 35.6 Å². The molecule has 2 rings (SSSR count). The molecule has 0 bridgehead atoms. The average molecular weight is 297 g/mol. The first-order chi connectivity index (χ1) is 9.35. The van der Waals surface area contributed by atoms with E-state index in [-0.39, 0.29) is 30.0 Å². The van der Waals surface area contributed by atoms with Crippen molar-refractivity contribution >= 4 is 27.1 Å². The summed E-state index contributed by atoms with van der Waals surface area (Å²) in [6, 6.07) is 6.76. The molecule has 6 nitrogen and oxygen atoms in total. The summed E-state index contributed by atoms with van der Waals surface area (Å²) in [4.78, 5) is 13.8. The number of nitrogens with zero attached hydrogens (tertiary/aromatic N) is 1. The second-order valence-corrected chi connectivity index (χ2v) is 7.33. The zero-order chi connectivity index (χ0) is 14.8. The molecular weight excluding hydrogens is 278 g/mol. The van der Waals surface area contributed by atoms with E-state index in [1.165, 1.54) is 0 Å². The van der Waals surface area contributed by atoms with Crippen LogP contribution in [-0.2, 0) is 14.6 Å². The Kier molecular flexibility index (Phi) is 4.29. The van der Waals surface area contributed by atoms with Gasteiger partial charge < -0.3 is 11.1 Å². The lowest BCUT2D eigenvalue weighted by Crippen LogP contribution is -2.49. The molecule has 1 aliphatic heterocycles. The third kappa shape index (κ3) is 3.94. The number of carbonyl (C=O) groups excluding carboxylic acids is 1. The fourth-order valence-electron chi connectivity index (χ4n) is 2.22. The van der Waals surface area contributed by atoms with Gasteiger partial charge in [0.25, 0.3) is 0 Å². The van der Waals surface area contributed by atoms with Crippen LogP contribution in [0.25, 0.3) is 0 Å². The minimum absolute atomic E-state index is 0.113. The second kappa shape index (κ2) is 5.80. The molecule has 0 radical (unpaired) electrons. The van der Waals surface area contributed by atoms with E-state index in [0.717, 1.165) is 0 Å². The van der Waals surface area contributed by atoms with Crippen LogP contribution >= 0.6 is 0 Å². The van der Waals surface area contributed by atoms with E-state index in [2.05, 4.69) is 5.32 Å². The minimum Gasteiger partial charge on any atom is -0.399 e. The third-order valence-corrected chi connectivity index (χ3v) is 5.14. The van der Waals surface area contributed by atoms with Gasteiger partial charge in [0.05, 0.1) is 18.1 Å². The standard InChI is InChI=1S/C13H19N3O3S/c1-10-9-20(18,19)7-6-16(10)8-13(17)15-12-4-2-11(14)3-5-12/h2-5,10H,6-9,14H2,1H3,(H,15,17). The summed E-state index contributed by atoms with van der Waals surface area (Å²) in [6.45, 7) is 2.42. The van der Waals surface area contributed by atoms with Gasteiger partial charge in [0, 0.05) is 24.0 Å². The Bertz CT molecular complexity index is 583. The van der Waals surface area contributed by atoms with Crippen LogP contribution in [0.2, 0.25) is 0 Å². The Morgan fingerprint density at radius 3 is 2.65 bits per heavy atom. The van der Waals surface area contributed by atoms with Crippen LogP contribution in [0.1, 0.15) is 6.92 Å². The number of amides is 1. The number of sulfone groups is 1. The van der Waals surface area contributed by atoms with E-state index < -0.39 is 9.84 Å². The van der Waals surface area contributed by atoms with Crippen molar-refractivity contribution in [3.05, 3.63) is 24.3 Å². The third-order valence-electron chi connectivity index (χ3n) is 3.35. The summed E-state index contributed by atoms with van der Waals surface area (Å²) in [5.74, 6) is 0.0789. The Morgan fingerprint density at radius 2 is 2.05 bits per heavy atom. The molecular formula is C13H19N3O3S. The van der Waals surface area contributed by atoms with Crippen LogP contribution in [0.4, 0.5) is 11.4 Å². The molecule has 1 heterocycles. The number of nitrogen functional groups attached to an aromatic ring is 1. The number of nitrogens with two attached hydrogens (primary N) is 1. The summed E-state index contributed by atoms with van der Waals surface area (Å²) in [7, 11) is -2.95. The lowest BCUT2D eigenvalue weighted by Gasteiger charge is -2.32. The predicted molar refractivity (Wildman–Crippen MR) is 79.2 cm³/mol. The number of rotatable bonds is 3. The summed E-state index contributed by atoms with van der Waals surface area (Å²) in [6.07, 6.45) is 0. The van der Waals surface area contributed by atoms with Gasteiger partial charge in [-0.15, -0.1) is 0 Å². The maximum atomic E-state index is 11.9. The van der Waals surface area contributed by atoms with Crippen molar-refractivity contribution in [3.63, 3.8) is 0 Å². The molecule has 1 fully saturated rings. The molecule has 1 aromatic rings. The van der Waals surface area contributed by atoms with Crippen LogP contribution in [0, 0.1) is 0 Å². The zero-order valence-corrected chi connectivity index (χ0v) is 12.2. The van der Waals surface area contributed by atoms with Crippen molar-refractivity contribution in [1.82, 2.24) is 4.90 Å². The van der Waals surface area contributed by atoms with Gasteiger partial charge in [-0.05, 0) is 31.2 Å². The van der Waals surface area contributed by atoms with Crippen molar-refractivity contribution in [2.45, 2.75) is 13.0 Å². The normalized spacial score (nSPS) is 22.4. The molecule has 110 valence electrons. The van der Waals surface area contributed by atoms with Gasteiger partial charge in [-0.3, -0.25) is 9.69 Å². The van der Waals surface area contributed by atoms with Gasteiger partial charge in [-0.2, -0.15) is 0 Å². The number of benzene rings is 1. The first-order valence-corrected chi connectivity index (χ1v) is 8.28. The molecule has 1 aliphatic rings. The molecule has 1 unspecified atom stereocenters. The number of hydrogen-bond donors (Lipinski definition) is 2. The van der Waals surface area contributed by atoms with Crippen LogP contribution in [0.5, 0.6) is 0 Å². The number of nitrogens with one attached hydrogen (secondary N) is 1. The lowest BCUT2D eigenvalue weighted by molar-refractivity contribution is -0.117. The first-order valence-electron chi connectivity index (χ1n) is 6.45. The molecule has 1 aromatic carbocycles. The highest BCUT2D eigenvalue weighted by Gasteiger charge is 2.29. The number of hydrogen-bond acceptors (Lipinski definition) is 5.